The topological polar surface area (TPSA) is 47.6 Å². The Morgan fingerprint density at radius 1 is 1.19 bits per heavy atom. The van der Waals surface area contributed by atoms with Gasteiger partial charge in [0.05, 0.1) is 22.1 Å². The highest BCUT2D eigenvalue weighted by Crippen LogP contribution is 2.41. The molecular weight excluding hydrogens is 405 g/mol. The molecule has 0 atom stereocenters. The van der Waals surface area contributed by atoms with Crippen molar-refractivity contribution in [2.45, 2.75) is 43.8 Å². The second-order valence-corrected chi connectivity index (χ2v) is 8.58. The van der Waals surface area contributed by atoms with Crippen LogP contribution in [0, 0.1) is 0 Å². The zero-order chi connectivity index (χ0) is 20.0. The van der Waals surface area contributed by atoms with Gasteiger partial charge in [0, 0.05) is 17.4 Å². The maximum Gasteiger partial charge on any atom is 0.224 e. The number of thioether (sulfide) groups is 1. The molecule has 0 aliphatic rings. The predicted molar refractivity (Wildman–Crippen MR) is 114 cm³/mol. The maximum atomic E-state index is 11.8. The van der Waals surface area contributed by atoms with Crippen LogP contribution in [0.15, 0.2) is 35.2 Å². The van der Waals surface area contributed by atoms with Gasteiger partial charge < -0.3 is 14.8 Å². The van der Waals surface area contributed by atoms with Crippen LogP contribution < -0.4 is 14.8 Å². The lowest BCUT2D eigenvalue weighted by Crippen LogP contribution is -2.10. The van der Waals surface area contributed by atoms with Crippen molar-refractivity contribution in [2.24, 2.45) is 0 Å². The Balaban J connectivity index is 2.25. The third-order valence-electron chi connectivity index (χ3n) is 3.48. The Kier molecular flexibility index (Phi) is 8.14. The second-order valence-electron chi connectivity index (χ2n) is 6.15. The molecule has 27 heavy (non-hydrogen) atoms. The summed E-state index contributed by atoms with van der Waals surface area (Å²) < 4.78 is 11.3. The van der Waals surface area contributed by atoms with Crippen LogP contribution in [0.25, 0.3) is 0 Å². The number of carbonyl (C=O) groups excluding carboxylic acids is 1. The van der Waals surface area contributed by atoms with E-state index in [1.807, 2.05) is 19.1 Å². The number of hydrogen-bond donors (Lipinski definition) is 1. The standard InChI is InChI=1S/C20H23Cl2NO3S/c1-5-6-19(24)23-13-9-15(21)20(16(22)10-13)26-14-7-8-17(25-4)18(11-14)27-12(2)3/h7-12H,5-6H2,1-4H3,(H,23,24). The van der Waals surface area contributed by atoms with Crippen molar-refractivity contribution >= 4 is 46.6 Å². The average molecular weight is 428 g/mol. The average Bonchev–Trinajstić information content (AvgIpc) is 2.58. The summed E-state index contributed by atoms with van der Waals surface area (Å²) in [6, 6.07) is 8.80. The molecule has 0 fully saturated rings. The van der Waals surface area contributed by atoms with Gasteiger partial charge in [-0.15, -0.1) is 11.8 Å². The number of amides is 1. The predicted octanol–water partition coefficient (Wildman–Crippen LogP) is 7.03. The normalized spacial score (nSPS) is 10.8. The lowest BCUT2D eigenvalue weighted by molar-refractivity contribution is -0.116. The van der Waals surface area contributed by atoms with Gasteiger partial charge in [-0.25, -0.2) is 0 Å². The van der Waals surface area contributed by atoms with Gasteiger partial charge in [-0.1, -0.05) is 44.0 Å². The third kappa shape index (κ3) is 6.23. The molecule has 2 aromatic carbocycles. The second kappa shape index (κ2) is 10.1. The van der Waals surface area contributed by atoms with Crippen molar-refractivity contribution in [2.75, 3.05) is 12.4 Å². The van der Waals surface area contributed by atoms with Crippen molar-refractivity contribution in [1.29, 1.82) is 0 Å². The van der Waals surface area contributed by atoms with E-state index in [4.69, 9.17) is 32.7 Å². The summed E-state index contributed by atoms with van der Waals surface area (Å²) in [5, 5.41) is 3.82. The van der Waals surface area contributed by atoms with E-state index in [9.17, 15) is 4.79 Å². The third-order valence-corrected chi connectivity index (χ3v) is 5.08. The molecule has 1 amide bonds. The van der Waals surface area contributed by atoms with Crippen LogP contribution in [-0.4, -0.2) is 18.3 Å². The van der Waals surface area contributed by atoms with E-state index in [1.54, 1.807) is 37.1 Å². The summed E-state index contributed by atoms with van der Waals surface area (Å²) in [4.78, 5) is 12.7. The summed E-state index contributed by atoms with van der Waals surface area (Å²) in [6.07, 6.45) is 1.21. The minimum absolute atomic E-state index is 0.0798. The number of methoxy groups -OCH3 is 1. The molecule has 2 rings (SSSR count). The highest BCUT2D eigenvalue weighted by Gasteiger charge is 2.14. The number of ether oxygens (including phenoxy) is 2. The fourth-order valence-corrected chi connectivity index (χ4v) is 3.89. The fraction of sp³-hybridized carbons (Fsp3) is 0.350. The van der Waals surface area contributed by atoms with Gasteiger partial charge in [-0.3, -0.25) is 4.79 Å². The number of anilines is 1. The number of nitrogens with one attached hydrogen (secondary N) is 1. The molecular formula is C20H23Cl2NO3S. The largest absolute Gasteiger partial charge is 0.496 e. The van der Waals surface area contributed by atoms with Gasteiger partial charge in [0.25, 0.3) is 0 Å². The quantitative estimate of drug-likeness (QED) is 0.459. The zero-order valence-electron chi connectivity index (χ0n) is 15.8. The summed E-state index contributed by atoms with van der Waals surface area (Å²) in [7, 11) is 1.64. The molecule has 0 aromatic heterocycles. The van der Waals surface area contributed by atoms with Gasteiger partial charge in [0.15, 0.2) is 5.75 Å². The van der Waals surface area contributed by atoms with E-state index >= 15 is 0 Å². The molecule has 146 valence electrons. The number of carbonyl (C=O) groups is 1. The first-order valence-corrected chi connectivity index (χ1v) is 10.3. The smallest absolute Gasteiger partial charge is 0.224 e. The number of rotatable bonds is 8. The maximum absolute atomic E-state index is 11.8. The van der Waals surface area contributed by atoms with Crippen LogP contribution in [0.5, 0.6) is 17.2 Å². The van der Waals surface area contributed by atoms with Gasteiger partial charge in [0.1, 0.15) is 11.5 Å². The van der Waals surface area contributed by atoms with Crippen molar-refractivity contribution < 1.29 is 14.3 Å². The van der Waals surface area contributed by atoms with Crippen LogP contribution in [0.4, 0.5) is 5.69 Å². The van der Waals surface area contributed by atoms with Crippen molar-refractivity contribution in [3.05, 3.63) is 40.4 Å². The first kappa shape index (κ1) is 21.7. The molecule has 7 heteroatoms. The summed E-state index contributed by atoms with van der Waals surface area (Å²) in [5.74, 6) is 1.65. The molecule has 0 saturated heterocycles. The highest BCUT2D eigenvalue weighted by molar-refractivity contribution is 8.00. The Labute approximate surface area is 174 Å². The summed E-state index contributed by atoms with van der Waals surface area (Å²) in [5.41, 5.74) is 0.543. The SMILES string of the molecule is CCCC(=O)Nc1cc(Cl)c(Oc2ccc(OC)c(SC(C)C)c2)c(Cl)c1. The van der Waals surface area contributed by atoms with E-state index in [1.165, 1.54) is 0 Å². The minimum Gasteiger partial charge on any atom is -0.496 e. The molecule has 1 N–H and O–H groups in total. The van der Waals surface area contributed by atoms with E-state index < -0.39 is 0 Å². The zero-order valence-corrected chi connectivity index (χ0v) is 18.1. The molecule has 2 aromatic rings. The van der Waals surface area contributed by atoms with Crippen LogP contribution in [0.1, 0.15) is 33.6 Å². The van der Waals surface area contributed by atoms with E-state index in [0.717, 1.165) is 17.1 Å². The van der Waals surface area contributed by atoms with E-state index in [2.05, 4.69) is 19.2 Å². The van der Waals surface area contributed by atoms with Gasteiger partial charge >= 0.3 is 0 Å². The first-order chi connectivity index (χ1) is 12.8. The fourth-order valence-electron chi connectivity index (χ4n) is 2.36. The highest BCUT2D eigenvalue weighted by atomic mass is 35.5. The molecule has 0 aliphatic carbocycles. The van der Waals surface area contributed by atoms with Gasteiger partial charge in [0.2, 0.25) is 5.91 Å². The monoisotopic (exact) mass is 427 g/mol. The lowest BCUT2D eigenvalue weighted by atomic mass is 10.2. The molecule has 0 saturated carbocycles. The summed E-state index contributed by atoms with van der Waals surface area (Å²) in [6.45, 7) is 6.16. The Morgan fingerprint density at radius 2 is 1.85 bits per heavy atom. The molecule has 0 radical (unpaired) electrons. The number of halogens is 2. The van der Waals surface area contributed by atoms with Gasteiger partial charge in [-0.2, -0.15) is 0 Å². The van der Waals surface area contributed by atoms with Crippen LogP contribution in [0.2, 0.25) is 10.0 Å². The van der Waals surface area contributed by atoms with Crippen molar-refractivity contribution in [3.63, 3.8) is 0 Å². The van der Waals surface area contributed by atoms with Gasteiger partial charge in [-0.05, 0) is 36.8 Å². The summed E-state index contributed by atoms with van der Waals surface area (Å²) >= 11 is 14.4. The van der Waals surface area contributed by atoms with E-state index in [0.29, 0.717) is 38.9 Å². The minimum atomic E-state index is -0.0798. The van der Waals surface area contributed by atoms with Crippen LogP contribution in [-0.2, 0) is 4.79 Å². The molecule has 0 spiro atoms. The van der Waals surface area contributed by atoms with Crippen LogP contribution in [0.3, 0.4) is 0 Å². The first-order valence-electron chi connectivity index (χ1n) is 8.65. The Hall–Kier alpha value is -1.56. The van der Waals surface area contributed by atoms with Crippen LogP contribution >= 0.6 is 35.0 Å². The lowest BCUT2D eigenvalue weighted by Gasteiger charge is -2.15. The van der Waals surface area contributed by atoms with Crippen molar-refractivity contribution in [1.82, 2.24) is 0 Å². The molecule has 4 nitrogen and oxygen atoms in total. The molecule has 0 unspecified atom stereocenters. The number of hydrogen-bond acceptors (Lipinski definition) is 4. The molecule has 0 heterocycles. The molecule has 0 aliphatic heterocycles. The Bertz CT molecular complexity index is 789. The molecule has 0 bridgehead atoms. The van der Waals surface area contributed by atoms with Crippen molar-refractivity contribution in [3.8, 4) is 17.2 Å². The van der Waals surface area contributed by atoms with E-state index in [-0.39, 0.29) is 5.91 Å². The number of benzene rings is 2. The Morgan fingerprint density at radius 3 is 2.41 bits per heavy atom.